The number of halogens is 1. The van der Waals surface area contributed by atoms with Crippen molar-refractivity contribution in [2.75, 3.05) is 0 Å². The highest BCUT2D eigenvalue weighted by Crippen LogP contribution is 2.27. The Balaban J connectivity index is 1.52. The van der Waals surface area contributed by atoms with Gasteiger partial charge in [0.2, 0.25) is 16.9 Å². The van der Waals surface area contributed by atoms with Gasteiger partial charge in [0.05, 0.1) is 16.5 Å². The minimum atomic E-state index is 0.448. The summed E-state index contributed by atoms with van der Waals surface area (Å²) in [4.78, 5) is 4.40. The number of nitrogens with zero attached hydrogens (tertiary/aromatic N) is 6. The number of aromatic nitrogens is 6. The normalized spacial score (nSPS) is 11.0. The second-order valence-corrected chi connectivity index (χ2v) is 6.79. The van der Waals surface area contributed by atoms with Crippen LogP contribution < -0.4 is 0 Å². The van der Waals surface area contributed by atoms with E-state index in [0.717, 1.165) is 16.8 Å². The molecule has 0 amide bonds. The zero-order chi connectivity index (χ0) is 17.9. The number of tetrazole rings is 1. The summed E-state index contributed by atoms with van der Waals surface area (Å²) in [5.74, 6) is 1.39. The van der Waals surface area contributed by atoms with Crippen LogP contribution in [0.5, 0.6) is 0 Å². The molecule has 0 fully saturated rings. The first kappa shape index (κ1) is 16.7. The molecule has 0 radical (unpaired) electrons. The topological polar surface area (TPSA) is 82.5 Å². The van der Waals surface area contributed by atoms with Crippen LogP contribution in [0.2, 0.25) is 5.02 Å². The molecule has 7 nitrogen and oxygen atoms in total. The van der Waals surface area contributed by atoms with Crippen LogP contribution in [0.15, 0.2) is 58.2 Å². The highest BCUT2D eigenvalue weighted by molar-refractivity contribution is 7.98. The van der Waals surface area contributed by atoms with Gasteiger partial charge in [0.1, 0.15) is 0 Å². The number of hydrogen-bond donors (Lipinski definition) is 0. The Hall–Kier alpha value is -2.71. The lowest BCUT2D eigenvalue weighted by Gasteiger charge is -2.06. The molecule has 4 aromatic rings. The third-order valence-corrected chi connectivity index (χ3v) is 4.93. The van der Waals surface area contributed by atoms with Crippen LogP contribution in [-0.4, -0.2) is 30.3 Å². The van der Waals surface area contributed by atoms with Crippen molar-refractivity contribution in [2.45, 2.75) is 17.8 Å². The summed E-state index contributed by atoms with van der Waals surface area (Å²) in [6.45, 7) is 2.01. The molecule has 0 bridgehead atoms. The van der Waals surface area contributed by atoms with Gasteiger partial charge in [-0.25, -0.2) is 0 Å². The van der Waals surface area contributed by atoms with Crippen molar-refractivity contribution >= 4 is 23.4 Å². The van der Waals surface area contributed by atoms with Crippen LogP contribution in [0.3, 0.4) is 0 Å². The molecule has 2 aromatic heterocycles. The summed E-state index contributed by atoms with van der Waals surface area (Å²) in [5, 5.41) is 17.2. The van der Waals surface area contributed by atoms with Crippen LogP contribution in [0.1, 0.15) is 11.5 Å². The number of hydrogen-bond acceptors (Lipinski definition) is 7. The molecule has 4 rings (SSSR count). The number of aryl methyl sites for hydroxylation is 1. The maximum absolute atomic E-state index is 6.17. The maximum Gasteiger partial charge on any atom is 0.237 e. The van der Waals surface area contributed by atoms with Crippen molar-refractivity contribution in [2.24, 2.45) is 0 Å². The Morgan fingerprint density at radius 1 is 1.12 bits per heavy atom. The largest absolute Gasteiger partial charge is 0.338 e. The molecule has 0 spiro atoms. The Kier molecular flexibility index (Phi) is 4.68. The van der Waals surface area contributed by atoms with E-state index in [2.05, 4.69) is 25.7 Å². The highest BCUT2D eigenvalue weighted by Gasteiger charge is 2.15. The maximum atomic E-state index is 6.17. The van der Waals surface area contributed by atoms with Crippen molar-refractivity contribution in [1.82, 2.24) is 30.3 Å². The lowest BCUT2D eigenvalue weighted by Crippen LogP contribution is -2.01. The average Bonchev–Trinajstić information content (AvgIpc) is 3.30. The van der Waals surface area contributed by atoms with E-state index in [1.54, 1.807) is 10.7 Å². The van der Waals surface area contributed by atoms with E-state index in [1.165, 1.54) is 11.8 Å². The molecule has 9 heteroatoms. The van der Waals surface area contributed by atoms with E-state index in [-0.39, 0.29) is 0 Å². The highest BCUT2D eigenvalue weighted by atomic mass is 35.5. The summed E-state index contributed by atoms with van der Waals surface area (Å²) >= 11 is 7.59. The molecule has 0 aliphatic rings. The molecule has 2 aromatic carbocycles. The number of benzene rings is 2. The quantitative estimate of drug-likeness (QED) is 0.481. The van der Waals surface area contributed by atoms with E-state index in [1.807, 2.05) is 49.4 Å². The zero-order valence-corrected chi connectivity index (χ0v) is 15.3. The minimum absolute atomic E-state index is 0.448. The first-order valence-electron chi connectivity index (χ1n) is 7.77. The predicted molar refractivity (Wildman–Crippen MR) is 98.2 cm³/mol. The molecular formula is C17H13ClN6OS. The molecule has 0 saturated heterocycles. The smallest absolute Gasteiger partial charge is 0.237 e. The first-order chi connectivity index (χ1) is 12.7. The van der Waals surface area contributed by atoms with Gasteiger partial charge < -0.3 is 4.52 Å². The van der Waals surface area contributed by atoms with Crippen LogP contribution in [0.4, 0.5) is 0 Å². The number of rotatable bonds is 5. The van der Waals surface area contributed by atoms with Gasteiger partial charge in [0, 0.05) is 5.56 Å². The van der Waals surface area contributed by atoms with E-state index >= 15 is 0 Å². The van der Waals surface area contributed by atoms with E-state index in [9.17, 15) is 0 Å². The second-order valence-electron chi connectivity index (χ2n) is 5.44. The van der Waals surface area contributed by atoms with E-state index < -0.39 is 0 Å². The summed E-state index contributed by atoms with van der Waals surface area (Å²) in [7, 11) is 0. The molecule has 26 heavy (non-hydrogen) atoms. The standard InChI is InChI=1S/C17H13ClN6OS/c1-11-6-2-5-9-14(11)24-17(20-22-23-24)26-10-15-19-16(21-25-15)12-7-3-4-8-13(12)18/h2-9H,10H2,1H3. The summed E-state index contributed by atoms with van der Waals surface area (Å²) < 4.78 is 7.02. The van der Waals surface area contributed by atoms with Crippen molar-refractivity contribution < 1.29 is 4.52 Å². The zero-order valence-electron chi connectivity index (χ0n) is 13.7. The van der Waals surface area contributed by atoms with Crippen molar-refractivity contribution in [1.29, 1.82) is 0 Å². The molecule has 0 saturated carbocycles. The van der Waals surface area contributed by atoms with Crippen molar-refractivity contribution in [3.05, 3.63) is 65.0 Å². The Labute approximate surface area is 158 Å². The van der Waals surface area contributed by atoms with Gasteiger partial charge in [0.25, 0.3) is 0 Å². The molecule has 0 atom stereocenters. The van der Waals surface area contributed by atoms with Crippen LogP contribution in [0, 0.1) is 6.92 Å². The fourth-order valence-electron chi connectivity index (χ4n) is 2.41. The van der Waals surface area contributed by atoms with Gasteiger partial charge >= 0.3 is 0 Å². The molecule has 0 N–H and O–H groups in total. The van der Waals surface area contributed by atoms with Gasteiger partial charge in [0.15, 0.2) is 0 Å². The first-order valence-corrected chi connectivity index (χ1v) is 9.13. The van der Waals surface area contributed by atoms with Gasteiger partial charge in [-0.1, -0.05) is 58.9 Å². The fourth-order valence-corrected chi connectivity index (χ4v) is 3.35. The fraction of sp³-hybridized carbons (Fsp3) is 0.118. The Bertz CT molecular complexity index is 1050. The Morgan fingerprint density at radius 3 is 2.77 bits per heavy atom. The monoisotopic (exact) mass is 384 g/mol. The van der Waals surface area contributed by atoms with Gasteiger partial charge in [-0.2, -0.15) is 9.67 Å². The number of thioether (sulfide) groups is 1. The SMILES string of the molecule is Cc1ccccc1-n1nnnc1SCc1nc(-c2ccccc2Cl)no1. The van der Waals surface area contributed by atoms with Crippen molar-refractivity contribution in [3.63, 3.8) is 0 Å². The molecule has 0 aliphatic heterocycles. The summed E-state index contributed by atoms with van der Waals surface area (Å²) in [6.07, 6.45) is 0. The molecular weight excluding hydrogens is 372 g/mol. The third kappa shape index (κ3) is 3.33. The second kappa shape index (κ2) is 7.27. The molecule has 130 valence electrons. The van der Waals surface area contributed by atoms with E-state index in [0.29, 0.717) is 27.6 Å². The molecule has 0 unspecified atom stereocenters. The predicted octanol–water partition coefficient (Wildman–Crippen LogP) is 3.97. The summed E-state index contributed by atoms with van der Waals surface area (Å²) in [5.41, 5.74) is 2.75. The van der Waals surface area contributed by atoms with Gasteiger partial charge in [-0.05, 0) is 41.1 Å². The number of para-hydroxylation sites is 1. The summed E-state index contributed by atoms with van der Waals surface area (Å²) in [6, 6.07) is 15.3. The van der Waals surface area contributed by atoms with Gasteiger partial charge in [-0.15, -0.1) is 5.10 Å². The van der Waals surface area contributed by atoms with Gasteiger partial charge in [-0.3, -0.25) is 0 Å². The average molecular weight is 385 g/mol. The Morgan fingerprint density at radius 2 is 1.92 bits per heavy atom. The van der Waals surface area contributed by atoms with E-state index in [4.69, 9.17) is 16.1 Å². The van der Waals surface area contributed by atoms with Crippen molar-refractivity contribution in [3.8, 4) is 17.1 Å². The van der Waals surface area contributed by atoms with Crippen LogP contribution in [-0.2, 0) is 5.75 Å². The third-order valence-electron chi connectivity index (χ3n) is 3.69. The van der Waals surface area contributed by atoms with Crippen LogP contribution >= 0.6 is 23.4 Å². The minimum Gasteiger partial charge on any atom is -0.338 e. The molecule has 0 aliphatic carbocycles. The lowest BCUT2D eigenvalue weighted by atomic mass is 10.2. The lowest BCUT2D eigenvalue weighted by molar-refractivity contribution is 0.391. The van der Waals surface area contributed by atoms with Crippen LogP contribution in [0.25, 0.3) is 17.1 Å². The molecule has 2 heterocycles.